The first-order chi connectivity index (χ1) is 10.7. The van der Waals surface area contributed by atoms with Crippen molar-refractivity contribution in [1.82, 2.24) is 0 Å². The fourth-order valence-electron chi connectivity index (χ4n) is 2.31. The third-order valence-electron chi connectivity index (χ3n) is 3.53. The number of rotatable bonds is 4. The molecule has 0 N–H and O–H groups in total. The molecule has 1 aliphatic rings. The summed E-state index contributed by atoms with van der Waals surface area (Å²) in [6.45, 7) is 2.11. The summed E-state index contributed by atoms with van der Waals surface area (Å²) in [5.74, 6) is 0.212. The summed E-state index contributed by atoms with van der Waals surface area (Å²) in [7, 11) is 0. The van der Waals surface area contributed by atoms with E-state index in [1.165, 1.54) is 20.1 Å². The van der Waals surface area contributed by atoms with Gasteiger partial charge in [-0.1, -0.05) is 0 Å². The van der Waals surface area contributed by atoms with Crippen molar-refractivity contribution in [2.75, 3.05) is 0 Å². The Morgan fingerprint density at radius 3 is 2.18 bits per heavy atom. The summed E-state index contributed by atoms with van der Waals surface area (Å²) in [6.07, 6.45) is 8.43. The van der Waals surface area contributed by atoms with Gasteiger partial charge in [0.1, 0.15) is 0 Å². The van der Waals surface area contributed by atoms with Gasteiger partial charge in [0, 0.05) is 0 Å². The van der Waals surface area contributed by atoms with Gasteiger partial charge in [-0.2, -0.15) is 0 Å². The molecule has 0 aromatic heterocycles. The zero-order valence-corrected chi connectivity index (χ0v) is 14.8. The van der Waals surface area contributed by atoms with Crippen molar-refractivity contribution in [1.29, 1.82) is 0 Å². The standard InChI is InChI=1S/C20H17ClSe/c1-15-11-13-17(14-12-15)20(19(21)16-7-5-6-8-16)22-18-9-3-2-4-10-18/h2-14,16H,1H3/b20-19+. The van der Waals surface area contributed by atoms with Crippen molar-refractivity contribution >= 4 is 35.5 Å². The second-order valence-electron chi connectivity index (χ2n) is 5.25. The summed E-state index contributed by atoms with van der Waals surface area (Å²) >= 11 is 6.96. The Kier molecular flexibility index (Phi) is 5.00. The molecule has 0 heterocycles. The molecule has 0 unspecified atom stereocenters. The monoisotopic (exact) mass is 372 g/mol. The maximum absolute atomic E-state index is 6.77. The molecular formula is C20H17ClSe. The topological polar surface area (TPSA) is 0 Å². The van der Waals surface area contributed by atoms with Gasteiger partial charge in [-0.3, -0.25) is 0 Å². The van der Waals surface area contributed by atoms with E-state index in [1.807, 2.05) is 0 Å². The van der Waals surface area contributed by atoms with E-state index in [9.17, 15) is 0 Å². The number of aryl methyl sites for hydroxylation is 1. The molecule has 0 saturated carbocycles. The van der Waals surface area contributed by atoms with Crippen LogP contribution >= 0.6 is 11.6 Å². The average Bonchev–Trinajstić information content (AvgIpc) is 3.08. The molecule has 0 amide bonds. The maximum atomic E-state index is 6.77. The Labute approximate surface area is 143 Å². The molecule has 0 spiro atoms. The summed E-state index contributed by atoms with van der Waals surface area (Å²) in [5.41, 5.74) is 2.50. The third-order valence-corrected chi connectivity index (χ3v) is 6.68. The number of hydrogen-bond acceptors (Lipinski definition) is 0. The van der Waals surface area contributed by atoms with Gasteiger partial charge in [-0.15, -0.1) is 0 Å². The average molecular weight is 372 g/mol. The Morgan fingerprint density at radius 1 is 0.909 bits per heavy atom. The number of hydrogen-bond donors (Lipinski definition) is 0. The molecule has 0 radical (unpaired) electrons. The fraction of sp³-hybridized carbons (Fsp3) is 0.100. The number of allylic oxidation sites excluding steroid dienone is 5. The molecule has 110 valence electrons. The molecule has 3 rings (SSSR count). The predicted octanol–water partition coefficient (Wildman–Crippen LogP) is 4.67. The quantitative estimate of drug-likeness (QED) is 0.685. The van der Waals surface area contributed by atoms with Gasteiger partial charge < -0.3 is 0 Å². The van der Waals surface area contributed by atoms with Crippen LogP contribution in [0.15, 0.2) is 83.9 Å². The van der Waals surface area contributed by atoms with Crippen molar-refractivity contribution in [2.45, 2.75) is 6.92 Å². The first-order valence-corrected chi connectivity index (χ1v) is 9.38. The van der Waals surface area contributed by atoms with Crippen LogP contribution in [0.25, 0.3) is 4.47 Å². The predicted molar refractivity (Wildman–Crippen MR) is 97.6 cm³/mol. The zero-order valence-electron chi connectivity index (χ0n) is 12.4. The van der Waals surface area contributed by atoms with Gasteiger partial charge in [-0.25, -0.2) is 0 Å². The van der Waals surface area contributed by atoms with Gasteiger partial charge in [0.15, 0.2) is 0 Å². The summed E-state index contributed by atoms with van der Waals surface area (Å²) in [6, 6.07) is 19.3. The molecule has 22 heavy (non-hydrogen) atoms. The Morgan fingerprint density at radius 2 is 1.55 bits per heavy atom. The molecule has 0 bridgehead atoms. The SMILES string of the molecule is Cc1ccc(/C([Se]c2ccccc2)=C(\Cl)C2C=CC=C2)cc1. The fourth-order valence-corrected chi connectivity index (χ4v) is 4.90. The van der Waals surface area contributed by atoms with E-state index in [4.69, 9.17) is 11.6 Å². The van der Waals surface area contributed by atoms with E-state index in [0.717, 1.165) is 5.03 Å². The minimum absolute atomic E-state index is 0.192. The van der Waals surface area contributed by atoms with Crippen molar-refractivity contribution in [3.8, 4) is 0 Å². The second-order valence-corrected chi connectivity index (χ2v) is 7.93. The number of benzene rings is 2. The van der Waals surface area contributed by atoms with Crippen molar-refractivity contribution in [3.05, 3.63) is 95.1 Å². The summed E-state index contributed by atoms with van der Waals surface area (Å²) in [5, 5.41) is 0.942. The van der Waals surface area contributed by atoms with Crippen LogP contribution in [0.3, 0.4) is 0 Å². The summed E-state index contributed by atoms with van der Waals surface area (Å²) < 4.78 is 2.61. The van der Waals surface area contributed by atoms with Gasteiger partial charge in [0.25, 0.3) is 0 Å². The molecule has 0 nitrogen and oxygen atoms in total. The second kappa shape index (κ2) is 7.15. The van der Waals surface area contributed by atoms with Crippen LogP contribution in [0.2, 0.25) is 0 Å². The van der Waals surface area contributed by atoms with Crippen molar-refractivity contribution in [3.63, 3.8) is 0 Å². The Hall–Kier alpha value is -1.53. The van der Waals surface area contributed by atoms with E-state index >= 15 is 0 Å². The molecule has 0 fully saturated rings. The van der Waals surface area contributed by atoms with Crippen LogP contribution in [0.1, 0.15) is 11.1 Å². The minimum atomic E-state index is 0.192. The van der Waals surface area contributed by atoms with Crippen molar-refractivity contribution < 1.29 is 0 Å². The molecule has 2 aromatic carbocycles. The van der Waals surface area contributed by atoms with E-state index in [0.29, 0.717) is 0 Å². The van der Waals surface area contributed by atoms with Crippen LogP contribution in [0.4, 0.5) is 0 Å². The van der Waals surface area contributed by atoms with Gasteiger partial charge in [0.05, 0.1) is 0 Å². The molecule has 0 atom stereocenters. The molecule has 0 saturated heterocycles. The van der Waals surface area contributed by atoms with E-state index in [2.05, 4.69) is 85.8 Å². The van der Waals surface area contributed by atoms with E-state index < -0.39 is 0 Å². The van der Waals surface area contributed by atoms with Gasteiger partial charge >= 0.3 is 143 Å². The first kappa shape index (κ1) is 15.4. The third kappa shape index (κ3) is 3.62. The van der Waals surface area contributed by atoms with Crippen LogP contribution in [0.5, 0.6) is 0 Å². The van der Waals surface area contributed by atoms with E-state index in [-0.39, 0.29) is 20.9 Å². The van der Waals surface area contributed by atoms with Gasteiger partial charge in [-0.05, 0) is 0 Å². The van der Waals surface area contributed by atoms with Crippen LogP contribution in [-0.2, 0) is 0 Å². The zero-order chi connectivity index (χ0) is 15.4. The molecule has 2 aromatic rings. The van der Waals surface area contributed by atoms with Crippen LogP contribution < -0.4 is 4.46 Å². The molecule has 1 aliphatic carbocycles. The number of halogens is 1. The van der Waals surface area contributed by atoms with E-state index in [1.54, 1.807) is 0 Å². The van der Waals surface area contributed by atoms with Crippen LogP contribution in [0, 0.1) is 12.8 Å². The Bertz CT molecular complexity index is 712. The molecule has 0 aliphatic heterocycles. The molecule has 2 heteroatoms. The van der Waals surface area contributed by atoms with Crippen LogP contribution in [-0.4, -0.2) is 15.0 Å². The van der Waals surface area contributed by atoms with Crippen molar-refractivity contribution in [2.24, 2.45) is 5.92 Å². The normalized spacial score (nSPS) is 15.2. The molecular weight excluding hydrogens is 355 g/mol. The summed E-state index contributed by atoms with van der Waals surface area (Å²) in [4.78, 5) is 0. The Balaban J connectivity index is 2.01. The first-order valence-electron chi connectivity index (χ1n) is 7.28. The van der Waals surface area contributed by atoms with Gasteiger partial charge in [0.2, 0.25) is 0 Å².